The zero-order valence-corrected chi connectivity index (χ0v) is 48.6. The van der Waals surface area contributed by atoms with Crippen molar-refractivity contribution in [3.05, 3.63) is 262 Å². The number of nitrogens with zero attached hydrogens (tertiary/aromatic N) is 4. The van der Waals surface area contributed by atoms with Gasteiger partial charge in [0.05, 0.1) is 27.8 Å². The van der Waals surface area contributed by atoms with Gasteiger partial charge in [-0.05, 0) is 144 Å². The first-order valence-electron chi connectivity index (χ1n) is 28.1. The van der Waals surface area contributed by atoms with Crippen LogP contribution in [0.4, 0.5) is 22.7 Å². The van der Waals surface area contributed by atoms with Gasteiger partial charge in [0, 0.05) is 33.8 Å². The Labute approximate surface area is 465 Å². The fraction of sp³-hybridized carbons (Fsp3) is 0.284. The third-order valence-corrected chi connectivity index (χ3v) is 16.9. The smallest absolute Gasteiger partial charge is 0.137 e. The maximum atomic E-state index is 5.26. The van der Waals surface area contributed by atoms with Gasteiger partial charge in [0.25, 0.3) is 0 Å². The number of anilines is 4. The van der Waals surface area contributed by atoms with Crippen LogP contribution in [0.25, 0.3) is 27.6 Å². The van der Waals surface area contributed by atoms with Crippen LogP contribution in [0.2, 0.25) is 0 Å². The number of pyridine rings is 1. The molecule has 78 heavy (non-hydrogen) atoms. The van der Waals surface area contributed by atoms with Crippen LogP contribution >= 0.6 is 0 Å². The van der Waals surface area contributed by atoms with E-state index in [4.69, 9.17) is 4.98 Å². The highest BCUT2D eigenvalue weighted by Crippen LogP contribution is 2.51. The van der Waals surface area contributed by atoms with Gasteiger partial charge in [-0.25, -0.2) is 4.98 Å². The fourth-order valence-electron chi connectivity index (χ4n) is 12.0. The van der Waals surface area contributed by atoms with Crippen molar-refractivity contribution in [2.75, 3.05) is 16.5 Å². The molecule has 0 amide bonds. The number of rotatable bonds is 9. The third-order valence-electron chi connectivity index (χ3n) is 16.9. The van der Waals surface area contributed by atoms with E-state index in [1.807, 2.05) is 6.20 Å². The van der Waals surface area contributed by atoms with Crippen molar-refractivity contribution in [1.82, 2.24) is 9.55 Å². The number of hydrogen-bond donors (Lipinski definition) is 0. The summed E-state index contributed by atoms with van der Waals surface area (Å²) in [6.45, 7) is 33.1. The highest BCUT2D eigenvalue weighted by molar-refractivity contribution is 6.10. The molecule has 0 saturated heterocycles. The van der Waals surface area contributed by atoms with Crippen LogP contribution in [-0.2, 0) is 32.5 Å². The molecular weight excluding hydrogens is 945 g/mol. The van der Waals surface area contributed by atoms with Crippen molar-refractivity contribution in [3.8, 4) is 5.82 Å². The van der Waals surface area contributed by atoms with Crippen LogP contribution in [0.1, 0.15) is 153 Å². The number of fused-ring (bicyclic) bond motifs is 4. The lowest BCUT2D eigenvalue weighted by atomic mass is 9.65. The zero-order valence-electron chi connectivity index (χ0n) is 48.6. The Hall–Kier alpha value is -7.69. The van der Waals surface area contributed by atoms with E-state index in [0.717, 1.165) is 22.5 Å². The first-order valence-corrected chi connectivity index (χ1v) is 28.1. The molecule has 394 valence electrons. The normalized spacial score (nSPS) is 13.7. The maximum absolute atomic E-state index is 5.26. The average Bonchev–Trinajstić information content (AvgIpc) is 4.04. The molecule has 3 heterocycles. The summed E-state index contributed by atoms with van der Waals surface area (Å²) in [4.78, 5) is 10.3. The van der Waals surface area contributed by atoms with E-state index in [-0.39, 0.29) is 27.1 Å². The van der Waals surface area contributed by atoms with E-state index in [1.165, 1.54) is 83.5 Å². The molecular formula is C74H78N4. The SMILES string of the molecule is CC(C)(C)c1ccc(C(C)(C)c2ccnc(-n3c4ccc(C(C)(C)C)cc4c4ccc(C(c5ccccc5)(c5ccccc5)c5cccc(N6CN(c7cc(C(C)(C)C)cc(C(C)(C)C)c7)c7ccccc76)c5)cc43)c2)cc1. The van der Waals surface area contributed by atoms with E-state index < -0.39 is 5.41 Å². The van der Waals surface area contributed by atoms with Gasteiger partial charge in [0.2, 0.25) is 0 Å². The second kappa shape index (κ2) is 19.0. The Kier molecular flexibility index (Phi) is 12.8. The second-order valence-electron chi connectivity index (χ2n) is 26.7. The van der Waals surface area contributed by atoms with Crippen LogP contribution in [0, 0.1) is 0 Å². The predicted molar refractivity (Wildman–Crippen MR) is 332 cm³/mol. The van der Waals surface area contributed by atoms with E-state index in [9.17, 15) is 0 Å². The molecule has 4 heteroatoms. The minimum Gasteiger partial charge on any atom is -0.321 e. The van der Waals surface area contributed by atoms with Crippen molar-refractivity contribution in [2.45, 2.75) is 129 Å². The van der Waals surface area contributed by atoms with Crippen LogP contribution in [0.3, 0.4) is 0 Å². The van der Waals surface area contributed by atoms with Crippen molar-refractivity contribution in [3.63, 3.8) is 0 Å². The second-order valence-corrected chi connectivity index (χ2v) is 26.7. The van der Waals surface area contributed by atoms with Crippen molar-refractivity contribution in [1.29, 1.82) is 0 Å². The molecule has 11 rings (SSSR count). The minimum absolute atomic E-state index is 0.00887. The largest absolute Gasteiger partial charge is 0.321 e. The van der Waals surface area contributed by atoms with E-state index in [0.29, 0.717) is 6.67 Å². The molecule has 8 aromatic carbocycles. The van der Waals surface area contributed by atoms with Gasteiger partial charge in [-0.3, -0.25) is 4.57 Å². The Bertz CT molecular complexity index is 3760. The number of benzene rings is 8. The minimum atomic E-state index is -0.733. The summed E-state index contributed by atoms with van der Waals surface area (Å²) in [5.41, 5.74) is 18.6. The topological polar surface area (TPSA) is 24.3 Å². The molecule has 10 aromatic rings. The first-order chi connectivity index (χ1) is 36.9. The van der Waals surface area contributed by atoms with Gasteiger partial charge >= 0.3 is 0 Å². The summed E-state index contributed by atoms with van der Waals surface area (Å²) in [6, 6.07) is 76.0. The van der Waals surface area contributed by atoms with Gasteiger partial charge in [-0.15, -0.1) is 0 Å². The molecule has 0 fully saturated rings. The van der Waals surface area contributed by atoms with Crippen molar-refractivity contribution in [2.24, 2.45) is 0 Å². The first kappa shape index (κ1) is 52.4. The number of aromatic nitrogens is 2. The number of para-hydroxylation sites is 2. The summed E-state index contributed by atoms with van der Waals surface area (Å²) in [5.74, 6) is 0.902. The Balaban J connectivity index is 1.12. The monoisotopic (exact) mass is 1020 g/mol. The predicted octanol–water partition coefficient (Wildman–Crippen LogP) is 19.3. The van der Waals surface area contributed by atoms with E-state index in [1.54, 1.807) is 0 Å². The average molecular weight is 1020 g/mol. The number of hydrogen-bond acceptors (Lipinski definition) is 3. The Morgan fingerprint density at radius 3 is 1.38 bits per heavy atom. The third kappa shape index (κ3) is 9.21. The molecule has 2 aromatic heterocycles. The molecule has 1 aliphatic heterocycles. The summed E-state index contributed by atoms with van der Waals surface area (Å²) >= 11 is 0. The molecule has 0 unspecified atom stereocenters. The summed E-state index contributed by atoms with van der Waals surface area (Å²) < 4.78 is 2.43. The highest BCUT2D eigenvalue weighted by Gasteiger charge is 2.40. The fourth-order valence-corrected chi connectivity index (χ4v) is 12.0. The van der Waals surface area contributed by atoms with Crippen LogP contribution in [-0.4, -0.2) is 16.2 Å². The molecule has 0 spiro atoms. The van der Waals surface area contributed by atoms with Crippen LogP contribution in [0.15, 0.2) is 206 Å². The van der Waals surface area contributed by atoms with Crippen LogP contribution in [0.5, 0.6) is 0 Å². The van der Waals surface area contributed by atoms with Crippen LogP contribution < -0.4 is 9.80 Å². The van der Waals surface area contributed by atoms with E-state index >= 15 is 0 Å². The lowest BCUT2D eigenvalue weighted by Crippen LogP contribution is -2.31. The quantitative estimate of drug-likeness (QED) is 0.135. The standard InChI is InChI=1S/C74H78N4/c1-69(2,3)50-32-34-51(35-33-50)73(13,14)55-40-41-75-68(48-55)78-64-39-37-54(70(4,5)6)46-63(64)62-38-36-57(47-67(62)78)74(52-24-17-15-18-25-52,53-26-19-16-20-27-53)56-28-23-29-60(43-56)76-49-77(66-31-22-21-30-65(66)76)61-44-58(71(7,8)9)42-59(45-61)72(10,11)12/h15-48H,49H2,1-14H3. The molecule has 4 nitrogen and oxygen atoms in total. The summed E-state index contributed by atoms with van der Waals surface area (Å²) in [6.07, 6.45) is 2.01. The van der Waals surface area contributed by atoms with Gasteiger partial charge < -0.3 is 9.80 Å². The summed E-state index contributed by atoms with van der Waals surface area (Å²) in [7, 11) is 0. The molecule has 0 bridgehead atoms. The van der Waals surface area contributed by atoms with E-state index in [2.05, 4.69) is 311 Å². The molecule has 0 radical (unpaired) electrons. The summed E-state index contributed by atoms with van der Waals surface area (Å²) in [5, 5.41) is 2.42. The van der Waals surface area contributed by atoms with Gasteiger partial charge in [0.1, 0.15) is 12.5 Å². The van der Waals surface area contributed by atoms with Gasteiger partial charge in [-0.1, -0.05) is 230 Å². The molecule has 0 N–H and O–H groups in total. The van der Waals surface area contributed by atoms with Gasteiger partial charge in [-0.2, -0.15) is 0 Å². The molecule has 0 saturated carbocycles. The maximum Gasteiger partial charge on any atom is 0.137 e. The highest BCUT2D eigenvalue weighted by atomic mass is 15.4. The Morgan fingerprint density at radius 1 is 0.321 bits per heavy atom. The van der Waals surface area contributed by atoms with Gasteiger partial charge in [0.15, 0.2) is 0 Å². The lowest BCUT2D eigenvalue weighted by Gasteiger charge is -2.37. The Morgan fingerprint density at radius 2 is 0.808 bits per heavy atom. The lowest BCUT2D eigenvalue weighted by molar-refractivity contribution is 0.568. The zero-order chi connectivity index (χ0) is 55.2. The molecule has 1 aliphatic rings. The van der Waals surface area contributed by atoms with Crippen molar-refractivity contribution < 1.29 is 0 Å². The molecule has 0 aliphatic carbocycles. The van der Waals surface area contributed by atoms with Crippen molar-refractivity contribution >= 4 is 44.6 Å². The molecule has 0 atom stereocenters.